The maximum Gasteiger partial charge on any atom is 0.322 e. The Morgan fingerprint density at radius 2 is 2.24 bits per heavy atom. The van der Waals surface area contributed by atoms with Gasteiger partial charge >= 0.3 is 6.03 Å². The summed E-state index contributed by atoms with van der Waals surface area (Å²) in [5, 5.41) is 5.69. The summed E-state index contributed by atoms with van der Waals surface area (Å²) in [5.41, 5.74) is 1.12. The van der Waals surface area contributed by atoms with Crippen LogP contribution in [0.5, 0.6) is 0 Å². The molecule has 1 heterocycles. The maximum absolute atomic E-state index is 12.3. The predicted molar refractivity (Wildman–Crippen MR) is 95.9 cm³/mol. The van der Waals surface area contributed by atoms with Gasteiger partial charge in [0.05, 0.1) is 12.7 Å². The third kappa shape index (κ3) is 6.36. The van der Waals surface area contributed by atoms with E-state index in [-0.39, 0.29) is 18.0 Å². The highest BCUT2D eigenvalue weighted by atomic mass is 16.5. The molecule has 3 amide bonds. The fourth-order valence-corrected chi connectivity index (χ4v) is 2.57. The molecule has 0 spiro atoms. The van der Waals surface area contributed by atoms with Gasteiger partial charge in [-0.2, -0.15) is 0 Å². The van der Waals surface area contributed by atoms with Crippen molar-refractivity contribution in [3.8, 4) is 0 Å². The van der Waals surface area contributed by atoms with Crippen molar-refractivity contribution in [1.29, 1.82) is 0 Å². The molecular formula is C18H27N3O4. The lowest BCUT2D eigenvalue weighted by Gasteiger charge is -2.31. The van der Waals surface area contributed by atoms with E-state index in [1.165, 1.54) is 0 Å². The minimum Gasteiger partial charge on any atom is -0.382 e. The number of nitrogens with zero attached hydrogens (tertiary/aromatic N) is 1. The van der Waals surface area contributed by atoms with Crippen LogP contribution < -0.4 is 10.6 Å². The average Bonchev–Trinajstić information content (AvgIpc) is 2.61. The van der Waals surface area contributed by atoms with Gasteiger partial charge < -0.3 is 25.0 Å². The molecule has 1 fully saturated rings. The molecule has 1 atom stereocenters. The summed E-state index contributed by atoms with van der Waals surface area (Å²) in [6.07, 6.45) is 0.805. The normalized spacial score (nSPS) is 17.2. The number of benzene rings is 1. The van der Waals surface area contributed by atoms with E-state index in [1.54, 1.807) is 29.2 Å². The van der Waals surface area contributed by atoms with Crippen molar-refractivity contribution in [2.24, 2.45) is 0 Å². The number of nitrogens with one attached hydrogen (secondary N) is 2. The van der Waals surface area contributed by atoms with E-state index in [2.05, 4.69) is 10.6 Å². The van der Waals surface area contributed by atoms with Crippen LogP contribution in [0.15, 0.2) is 24.3 Å². The Hall–Kier alpha value is -2.12. The minimum atomic E-state index is -0.176. The van der Waals surface area contributed by atoms with Gasteiger partial charge in [-0.15, -0.1) is 0 Å². The molecule has 0 bridgehead atoms. The van der Waals surface area contributed by atoms with Gasteiger partial charge in [0.15, 0.2) is 0 Å². The first-order valence-corrected chi connectivity index (χ1v) is 8.73. The van der Waals surface area contributed by atoms with E-state index < -0.39 is 0 Å². The number of urea groups is 1. The zero-order valence-corrected chi connectivity index (χ0v) is 14.9. The third-order valence-corrected chi connectivity index (χ3v) is 3.86. The number of ether oxygens (including phenoxy) is 2. The van der Waals surface area contributed by atoms with Gasteiger partial charge in [-0.3, -0.25) is 4.79 Å². The Balaban J connectivity index is 1.85. The zero-order valence-electron chi connectivity index (χ0n) is 14.9. The van der Waals surface area contributed by atoms with Crippen molar-refractivity contribution in [2.45, 2.75) is 26.4 Å². The lowest BCUT2D eigenvalue weighted by atomic mass is 10.2. The highest BCUT2D eigenvalue weighted by Crippen LogP contribution is 2.13. The van der Waals surface area contributed by atoms with Crippen molar-refractivity contribution in [2.75, 3.05) is 44.8 Å². The molecule has 1 saturated heterocycles. The summed E-state index contributed by atoms with van der Waals surface area (Å²) in [6.45, 7) is 7.41. The molecule has 0 radical (unpaired) electrons. The number of carbonyl (C=O) groups is 2. The summed E-state index contributed by atoms with van der Waals surface area (Å²) in [5.74, 6) is -0.160. The second-order valence-electron chi connectivity index (χ2n) is 5.94. The van der Waals surface area contributed by atoms with Crippen molar-refractivity contribution in [1.82, 2.24) is 10.2 Å². The van der Waals surface area contributed by atoms with Crippen LogP contribution in [-0.2, 0) is 9.47 Å². The Morgan fingerprint density at radius 1 is 1.40 bits per heavy atom. The first kappa shape index (κ1) is 19.2. The molecule has 2 N–H and O–H groups in total. The molecule has 0 aromatic heterocycles. The summed E-state index contributed by atoms with van der Waals surface area (Å²) in [4.78, 5) is 26.2. The standard InChI is InChI=1S/C18H27N3O4/c1-3-24-10-5-8-19-17(22)15-6-4-7-16(12-15)20-18(23)21-9-11-25-14(2)13-21/h4,6-7,12,14H,3,5,8-11,13H2,1-2H3,(H,19,22)(H,20,23). The molecule has 7 heteroatoms. The van der Waals surface area contributed by atoms with Gasteiger partial charge in [-0.05, 0) is 38.5 Å². The van der Waals surface area contributed by atoms with E-state index in [0.717, 1.165) is 6.42 Å². The number of hydrogen-bond acceptors (Lipinski definition) is 4. The van der Waals surface area contributed by atoms with Gasteiger partial charge in [-0.1, -0.05) is 6.07 Å². The van der Waals surface area contributed by atoms with E-state index in [0.29, 0.717) is 50.7 Å². The third-order valence-electron chi connectivity index (χ3n) is 3.86. The Morgan fingerprint density at radius 3 is 3.00 bits per heavy atom. The largest absolute Gasteiger partial charge is 0.382 e. The number of hydrogen-bond donors (Lipinski definition) is 2. The lowest BCUT2D eigenvalue weighted by molar-refractivity contribution is -0.00138. The number of morpholine rings is 1. The minimum absolute atomic E-state index is 0.0355. The number of rotatable bonds is 7. The lowest BCUT2D eigenvalue weighted by Crippen LogP contribution is -2.46. The molecule has 25 heavy (non-hydrogen) atoms. The Bertz CT molecular complexity index is 579. The first-order valence-electron chi connectivity index (χ1n) is 8.73. The molecule has 1 aliphatic rings. The van der Waals surface area contributed by atoms with E-state index >= 15 is 0 Å². The molecule has 2 rings (SSSR count). The zero-order chi connectivity index (χ0) is 18.1. The SMILES string of the molecule is CCOCCCNC(=O)c1cccc(NC(=O)N2CCOC(C)C2)c1. The van der Waals surface area contributed by atoms with Crippen LogP contribution in [0.25, 0.3) is 0 Å². The highest BCUT2D eigenvalue weighted by molar-refractivity contribution is 5.96. The molecule has 1 unspecified atom stereocenters. The van der Waals surface area contributed by atoms with Crippen LogP contribution in [0, 0.1) is 0 Å². The fraction of sp³-hybridized carbons (Fsp3) is 0.556. The number of amides is 3. The predicted octanol–water partition coefficient (Wildman–Crippen LogP) is 2.10. The molecule has 7 nitrogen and oxygen atoms in total. The molecule has 138 valence electrons. The first-order chi connectivity index (χ1) is 12.1. The number of anilines is 1. The Labute approximate surface area is 148 Å². The van der Waals surface area contributed by atoms with Gasteiger partial charge in [0.25, 0.3) is 5.91 Å². The van der Waals surface area contributed by atoms with Gasteiger partial charge in [0.2, 0.25) is 0 Å². The molecule has 1 aromatic carbocycles. The second kappa shape index (κ2) is 10.0. The molecule has 0 aliphatic carbocycles. The molecule has 0 saturated carbocycles. The fourth-order valence-electron chi connectivity index (χ4n) is 2.57. The topological polar surface area (TPSA) is 79.9 Å². The molecule has 1 aromatic rings. The van der Waals surface area contributed by atoms with Crippen LogP contribution in [-0.4, -0.2) is 62.4 Å². The van der Waals surface area contributed by atoms with E-state index in [4.69, 9.17) is 9.47 Å². The monoisotopic (exact) mass is 349 g/mol. The summed E-state index contributed by atoms with van der Waals surface area (Å²) >= 11 is 0. The quantitative estimate of drug-likeness (QED) is 0.739. The van der Waals surface area contributed by atoms with E-state index in [9.17, 15) is 9.59 Å². The van der Waals surface area contributed by atoms with Crippen LogP contribution in [0.3, 0.4) is 0 Å². The Kier molecular flexibility index (Phi) is 7.69. The average molecular weight is 349 g/mol. The van der Waals surface area contributed by atoms with E-state index in [1.807, 2.05) is 13.8 Å². The summed E-state index contributed by atoms with van der Waals surface area (Å²) in [7, 11) is 0. The van der Waals surface area contributed by atoms with Crippen LogP contribution >= 0.6 is 0 Å². The van der Waals surface area contributed by atoms with Gasteiger partial charge in [0, 0.05) is 44.1 Å². The van der Waals surface area contributed by atoms with Crippen LogP contribution in [0.4, 0.5) is 10.5 Å². The second-order valence-corrected chi connectivity index (χ2v) is 5.94. The van der Waals surface area contributed by atoms with Crippen LogP contribution in [0.2, 0.25) is 0 Å². The maximum atomic E-state index is 12.3. The van der Waals surface area contributed by atoms with Crippen molar-refractivity contribution in [3.05, 3.63) is 29.8 Å². The highest BCUT2D eigenvalue weighted by Gasteiger charge is 2.21. The number of carbonyl (C=O) groups excluding carboxylic acids is 2. The van der Waals surface area contributed by atoms with Gasteiger partial charge in [0.1, 0.15) is 0 Å². The smallest absolute Gasteiger partial charge is 0.322 e. The van der Waals surface area contributed by atoms with Crippen molar-refractivity contribution in [3.63, 3.8) is 0 Å². The van der Waals surface area contributed by atoms with Gasteiger partial charge in [-0.25, -0.2) is 4.79 Å². The van der Waals surface area contributed by atoms with Crippen molar-refractivity contribution >= 4 is 17.6 Å². The summed E-state index contributed by atoms with van der Waals surface area (Å²) in [6, 6.07) is 6.76. The molecule has 1 aliphatic heterocycles. The molecular weight excluding hydrogens is 322 g/mol. The van der Waals surface area contributed by atoms with Crippen molar-refractivity contribution < 1.29 is 19.1 Å². The summed E-state index contributed by atoms with van der Waals surface area (Å²) < 4.78 is 10.7. The van der Waals surface area contributed by atoms with Crippen LogP contribution in [0.1, 0.15) is 30.6 Å².